The average Bonchev–Trinajstić information content (AvgIpc) is 3.25. The van der Waals surface area contributed by atoms with E-state index >= 15 is 0 Å². The minimum absolute atomic E-state index is 0.136. The van der Waals surface area contributed by atoms with Crippen molar-refractivity contribution in [1.82, 2.24) is 19.8 Å². The predicted molar refractivity (Wildman–Crippen MR) is 109 cm³/mol. The SMILES string of the molecule is Cc1ccc(-c2nn3c(C)nnc3s2)cc1NC(=O)COc1ccccc1Cl. The Balaban J connectivity index is 1.50. The summed E-state index contributed by atoms with van der Waals surface area (Å²) < 4.78 is 7.20. The lowest BCUT2D eigenvalue weighted by atomic mass is 10.1. The summed E-state index contributed by atoms with van der Waals surface area (Å²) in [6.07, 6.45) is 0. The second kappa shape index (κ2) is 7.57. The molecule has 4 aromatic rings. The zero-order chi connectivity index (χ0) is 19.7. The molecule has 28 heavy (non-hydrogen) atoms. The van der Waals surface area contributed by atoms with E-state index in [1.54, 1.807) is 28.8 Å². The van der Waals surface area contributed by atoms with Crippen LogP contribution in [0.1, 0.15) is 11.4 Å². The third-order valence-electron chi connectivity index (χ3n) is 4.10. The summed E-state index contributed by atoms with van der Waals surface area (Å²) in [7, 11) is 0. The molecule has 2 heterocycles. The Bertz CT molecular complexity index is 1170. The minimum atomic E-state index is -0.269. The first-order chi connectivity index (χ1) is 13.5. The minimum Gasteiger partial charge on any atom is -0.482 e. The zero-order valence-corrected chi connectivity index (χ0v) is 16.7. The number of amides is 1. The fraction of sp³-hybridized carbons (Fsp3) is 0.158. The molecule has 0 fully saturated rings. The van der Waals surface area contributed by atoms with Crippen molar-refractivity contribution < 1.29 is 9.53 Å². The molecule has 2 aromatic carbocycles. The van der Waals surface area contributed by atoms with Crippen molar-refractivity contribution in [3.8, 4) is 16.3 Å². The molecule has 1 N–H and O–H groups in total. The molecule has 1 amide bonds. The molecule has 0 unspecified atom stereocenters. The zero-order valence-electron chi connectivity index (χ0n) is 15.1. The van der Waals surface area contributed by atoms with E-state index in [1.807, 2.05) is 32.0 Å². The molecule has 7 nitrogen and oxygen atoms in total. The number of aromatic nitrogens is 4. The van der Waals surface area contributed by atoms with Crippen LogP contribution in [0.2, 0.25) is 5.02 Å². The van der Waals surface area contributed by atoms with Gasteiger partial charge < -0.3 is 10.1 Å². The van der Waals surface area contributed by atoms with Gasteiger partial charge in [-0.15, -0.1) is 10.2 Å². The highest BCUT2D eigenvalue weighted by atomic mass is 35.5. The molecular formula is C19H16ClN5O2S. The van der Waals surface area contributed by atoms with Crippen molar-refractivity contribution in [2.24, 2.45) is 0 Å². The van der Waals surface area contributed by atoms with Crippen LogP contribution in [0.3, 0.4) is 0 Å². The van der Waals surface area contributed by atoms with E-state index in [-0.39, 0.29) is 12.5 Å². The van der Waals surface area contributed by atoms with Crippen molar-refractivity contribution in [1.29, 1.82) is 0 Å². The van der Waals surface area contributed by atoms with Gasteiger partial charge in [0, 0.05) is 11.3 Å². The topological polar surface area (TPSA) is 81.4 Å². The van der Waals surface area contributed by atoms with Crippen molar-refractivity contribution in [3.05, 3.63) is 58.9 Å². The molecule has 4 rings (SSSR count). The number of carbonyl (C=O) groups is 1. The van der Waals surface area contributed by atoms with E-state index in [0.717, 1.165) is 26.9 Å². The van der Waals surface area contributed by atoms with E-state index in [1.165, 1.54) is 11.3 Å². The Kier molecular flexibility index (Phi) is 4.97. The Hall–Kier alpha value is -2.97. The Morgan fingerprint density at radius 2 is 2.04 bits per heavy atom. The van der Waals surface area contributed by atoms with Crippen molar-refractivity contribution >= 4 is 39.5 Å². The van der Waals surface area contributed by atoms with Crippen LogP contribution in [0, 0.1) is 13.8 Å². The lowest BCUT2D eigenvalue weighted by Gasteiger charge is -2.11. The lowest BCUT2D eigenvalue weighted by molar-refractivity contribution is -0.118. The summed E-state index contributed by atoms with van der Waals surface area (Å²) in [5.74, 6) is 0.934. The molecular weight excluding hydrogens is 398 g/mol. The number of para-hydroxylation sites is 1. The van der Waals surface area contributed by atoms with Gasteiger partial charge in [-0.25, -0.2) is 0 Å². The van der Waals surface area contributed by atoms with Gasteiger partial charge in [-0.1, -0.05) is 47.2 Å². The number of benzene rings is 2. The monoisotopic (exact) mass is 413 g/mol. The summed E-state index contributed by atoms with van der Waals surface area (Å²) in [5.41, 5.74) is 2.53. The highest BCUT2D eigenvalue weighted by Crippen LogP contribution is 2.29. The van der Waals surface area contributed by atoms with Gasteiger partial charge in [0.2, 0.25) is 4.96 Å². The van der Waals surface area contributed by atoms with E-state index in [2.05, 4.69) is 20.6 Å². The van der Waals surface area contributed by atoms with Gasteiger partial charge in [0.15, 0.2) is 12.4 Å². The Labute approximate surface area is 169 Å². The number of halogens is 1. The summed E-state index contributed by atoms with van der Waals surface area (Å²) in [4.78, 5) is 13.1. The molecule has 0 saturated heterocycles. The average molecular weight is 414 g/mol. The number of ether oxygens (including phenoxy) is 1. The number of hydrogen-bond donors (Lipinski definition) is 1. The van der Waals surface area contributed by atoms with Crippen LogP contribution < -0.4 is 10.1 Å². The predicted octanol–water partition coefficient (Wildman–Crippen LogP) is 4.14. The fourth-order valence-electron chi connectivity index (χ4n) is 2.61. The van der Waals surface area contributed by atoms with Gasteiger partial charge in [0.05, 0.1) is 5.02 Å². The molecule has 2 aromatic heterocycles. The Morgan fingerprint density at radius 1 is 1.21 bits per heavy atom. The van der Waals surface area contributed by atoms with Crippen LogP contribution in [0.25, 0.3) is 15.5 Å². The largest absolute Gasteiger partial charge is 0.482 e. The summed E-state index contributed by atoms with van der Waals surface area (Å²) >= 11 is 7.48. The fourth-order valence-corrected chi connectivity index (χ4v) is 3.68. The number of anilines is 1. The van der Waals surface area contributed by atoms with E-state index in [4.69, 9.17) is 16.3 Å². The van der Waals surface area contributed by atoms with Gasteiger partial charge in [0.25, 0.3) is 5.91 Å². The van der Waals surface area contributed by atoms with Crippen LogP contribution in [-0.2, 0) is 4.79 Å². The highest BCUT2D eigenvalue weighted by Gasteiger charge is 2.13. The third kappa shape index (κ3) is 3.69. The number of carbonyl (C=O) groups excluding carboxylic acids is 1. The number of fused-ring (bicyclic) bond motifs is 1. The first-order valence-electron chi connectivity index (χ1n) is 8.48. The second-order valence-electron chi connectivity index (χ2n) is 6.15. The van der Waals surface area contributed by atoms with Gasteiger partial charge >= 0.3 is 0 Å². The molecule has 0 aliphatic carbocycles. The first-order valence-corrected chi connectivity index (χ1v) is 9.68. The molecule has 142 valence electrons. The Morgan fingerprint density at radius 3 is 2.82 bits per heavy atom. The molecule has 0 atom stereocenters. The molecule has 0 bridgehead atoms. The van der Waals surface area contributed by atoms with Crippen LogP contribution >= 0.6 is 22.9 Å². The quantitative estimate of drug-likeness (QED) is 0.531. The maximum atomic E-state index is 12.3. The smallest absolute Gasteiger partial charge is 0.262 e. The van der Waals surface area contributed by atoms with Crippen LogP contribution in [0.4, 0.5) is 5.69 Å². The summed E-state index contributed by atoms with van der Waals surface area (Å²) in [5, 5.41) is 16.8. The van der Waals surface area contributed by atoms with Gasteiger partial charge in [-0.2, -0.15) is 9.61 Å². The number of aryl methyl sites for hydroxylation is 2. The number of nitrogens with one attached hydrogen (secondary N) is 1. The normalized spacial score (nSPS) is 11.0. The maximum absolute atomic E-state index is 12.3. The standard InChI is InChI=1S/C19H16ClN5O2S/c1-11-7-8-13(18-24-25-12(2)22-23-19(25)28-18)9-15(11)21-17(26)10-27-16-6-4-3-5-14(16)20/h3-9H,10H2,1-2H3,(H,21,26). The first kappa shape index (κ1) is 18.4. The van der Waals surface area contributed by atoms with E-state index in [9.17, 15) is 4.79 Å². The molecule has 0 aliphatic rings. The molecule has 9 heteroatoms. The van der Waals surface area contributed by atoms with Crippen molar-refractivity contribution in [2.45, 2.75) is 13.8 Å². The number of nitrogens with zero attached hydrogens (tertiary/aromatic N) is 4. The van der Waals surface area contributed by atoms with E-state index < -0.39 is 0 Å². The van der Waals surface area contributed by atoms with Gasteiger partial charge in [-0.3, -0.25) is 4.79 Å². The number of rotatable bonds is 5. The summed E-state index contributed by atoms with van der Waals surface area (Å²) in [6.45, 7) is 3.64. The van der Waals surface area contributed by atoms with Crippen LogP contribution in [0.15, 0.2) is 42.5 Å². The van der Waals surface area contributed by atoms with Crippen molar-refractivity contribution in [2.75, 3.05) is 11.9 Å². The molecule has 0 aliphatic heterocycles. The molecule has 0 spiro atoms. The van der Waals surface area contributed by atoms with Gasteiger partial charge in [-0.05, 0) is 37.6 Å². The van der Waals surface area contributed by atoms with Crippen LogP contribution in [0.5, 0.6) is 5.75 Å². The molecule has 0 saturated carbocycles. The van der Waals surface area contributed by atoms with Crippen molar-refractivity contribution in [3.63, 3.8) is 0 Å². The van der Waals surface area contributed by atoms with Gasteiger partial charge in [0.1, 0.15) is 10.8 Å². The second-order valence-corrected chi connectivity index (χ2v) is 7.51. The van der Waals surface area contributed by atoms with E-state index in [0.29, 0.717) is 16.5 Å². The number of hydrogen-bond acceptors (Lipinski definition) is 6. The maximum Gasteiger partial charge on any atom is 0.262 e. The lowest BCUT2D eigenvalue weighted by Crippen LogP contribution is -2.20. The molecule has 0 radical (unpaired) electrons. The van der Waals surface area contributed by atoms with Crippen LogP contribution in [-0.4, -0.2) is 32.3 Å². The third-order valence-corrected chi connectivity index (χ3v) is 5.36. The highest BCUT2D eigenvalue weighted by molar-refractivity contribution is 7.19. The summed E-state index contributed by atoms with van der Waals surface area (Å²) in [6, 6.07) is 12.8.